The van der Waals surface area contributed by atoms with Crippen LogP contribution >= 0.6 is 11.6 Å². The molecule has 1 atom stereocenters. The van der Waals surface area contributed by atoms with Crippen molar-refractivity contribution in [2.75, 3.05) is 0 Å². The van der Waals surface area contributed by atoms with Crippen LogP contribution in [0, 0.1) is 0 Å². The zero-order chi connectivity index (χ0) is 28.1. The maximum absolute atomic E-state index is 6.55. The summed E-state index contributed by atoms with van der Waals surface area (Å²) >= 11 is 6.55. The van der Waals surface area contributed by atoms with Crippen molar-refractivity contribution in [2.24, 2.45) is 0 Å². The minimum atomic E-state index is -0.706. The van der Waals surface area contributed by atoms with Gasteiger partial charge in [-0.05, 0) is 51.1 Å². The molecule has 0 spiro atoms. The highest BCUT2D eigenvalue weighted by Gasteiger charge is 2.57. The minimum Gasteiger partial charge on any atom is -0.0985 e. The Morgan fingerprint density at radius 3 is 0.927 bits per heavy atom. The van der Waals surface area contributed by atoms with Crippen molar-refractivity contribution in [1.82, 2.24) is 0 Å². The fourth-order valence-electron chi connectivity index (χ4n) is 6.62. The zero-order valence-electron chi connectivity index (χ0n) is 22.8. The van der Waals surface area contributed by atoms with Gasteiger partial charge in [0, 0.05) is 5.02 Å². The van der Waals surface area contributed by atoms with Crippen LogP contribution in [0.1, 0.15) is 38.9 Å². The van der Waals surface area contributed by atoms with E-state index in [9.17, 15) is 0 Å². The van der Waals surface area contributed by atoms with Gasteiger partial charge < -0.3 is 0 Å². The van der Waals surface area contributed by atoms with E-state index in [4.69, 9.17) is 11.6 Å². The summed E-state index contributed by atoms with van der Waals surface area (Å²) in [6.45, 7) is 4.03. The number of hydrogen-bond donors (Lipinski definition) is 0. The molecular formula is C40H31Cl. The fourth-order valence-corrected chi connectivity index (χ4v) is 6.75. The standard InChI is InChI=1S/C40H31Cl/c1-2-31-23-25-36(26-24-31)40(35-21-13-6-14-22-35,37-27-29-38(41)30-28-37)39(32-15-7-3-8-16-32,33-17-9-4-10-18-33)34-19-11-5-12-20-34/h2-30H,1H2. The fraction of sp³-hybridized carbons (Fsp3) is 0.0500. The molecule has 0 aliphatic carbocycles. The number of benzene rings is 6. The summed E-state index contributed by atoms with van der Waals surface area (Å²) in [7, 11) is 0. The number of rotatable bonds is 8. The van der Waals surface area contributed by atoms with E-state index in [0.29, 0.717) is 5.02 Å². The first-order chi connectivity index (χ1) is 20.2. The van der Waals surface area contributed by atoms with E-state index in [1.807, 2.05) is 18.2 Å². The lowest BCUT2D eigenvalue weighted by Crippen LogP contribution is -2.52. The molecule has 0 aromatic heterocycles. The molecule has 1 unspecified atom stereocenters. The highest BCUT2D eigenvalue weighted by Crippen LogP contribution is 2.60. The summed E-state index contributed by atoms with van der Waals surface area (Å²) in [4.78, 5) is 0. The van der Waals surface area contributed by atoms with E-state index in [-0.39, 0.29) is 0 Å². The van der Waals surface area contributed by atoms with Gasteiger partial charge in [-0.15, -0.1) is 0 Å². The van der Waals surface area contributed by atoms with Crippen LogP contribution in [-0.2, 0) is 10.8 Å². The third kappa shape index (κ3) is 4.42. The van der Waals surface area contributed by atoms with Gasteiger partial charge in [0.15, 0.2) is 0 Å². The van der Waals surface area contributed by atoms with E-state index < -0.39 is 10.8 Å². The molecule has 6 rings (SSSR count). The van der Waals surface area contributed by atoms with Crippen LogP contribution in [0.2, 0.25) is 5.02 Å². The second-order valence-electron chi connectivity index (χ2n) is 10.3. The Kier molecular flexibility index (Phi) is 7.42. The SMILES string of the molecule is C=Cc1ccc(C(c2ccccc2)(c2ccc(Cl)cc2)C(c2ccccc2)(c2ccccc2)c2ccccc2)cc1. The van der Waals surface area contributed by atoms with Gasteiger partial charge in [-0.1, -0.05) is 182 Å². The summed E-state index contributed by atoms with van der Waals surface area (Å²) in [6.07, 6.45) is 1.90. The van der Waals surface area contributed by atoms with Crippen LogP contribution in [0.5, 0.6) is 0 Å². The number of halogens is 1. The monoisotopic (exact) mass is 546 g/mol. The molecule has 0 amide bonds. The van der Waals surface area contributed by atoms with Crippen LogP contribution in [-0.4, -0.2) is 0 Å². The summed E-state index contributed by atoms with van der Waals surface area (Å²) in [5, 5.41) is 0.711. The second kappa shape index (κ2) is 11.5. The van der Waals surface area contributed by atoms with Gasteiger partial charge in [0.2, 0.25) is 0 Å². The molecular weight excluding hydrogens is 516 g/mol. The van der Waals surface area contributed by atoms with Crippen LogP contribution in [0.3, 0.4) is 0 Å². The predicted molar refractivity (Wildman–Crippen MR) is 174 cm³/mol. The Hall–Kier alpha value is -4.65. The molecule has 0 radical (unpaired) electrons. The highest BCUT2D eigenvalue weighted by atomic mass is 35.5. The average molecular weight is 547 g/mol. The lowest BCUT2D eigenvalue weighted by molar-refractivity contribution is 0.419. The highest BCUT2D eigenvalue weighted by molar-refractivity contribution is 6.30. The molecule has 41 heavy (non-hydrogen) atoms. The van der Waals surface area contributed by atoms with Crippen LogP contribution < -0.4 is 0 Å². The average Bonchev–Trinajstić information content (AvgIpc) is 3.06. The van der Waals surface area contributed by atoms with Gasteiger partial charge in [0.05, 0.1) is 10.8 Å². The summed E-state index contributed by atoms with van der Waals surface area (Å²) in [6, 6.07) is 61.0. The molecule has 0 saturated carbocycles. The third-order valence-corrected chi connectivity index (χ3v) is 8.50. The lowest BCUT2D eigenvalue weighted by Gasteiger charge is -2.53. The molecule has 0 bridgehead atoms. The maximum atomic E-state index is 6.55. The predicted octanol–water partition coefficient (Wildman–Crippen LogP) is 10.4. The molecule has 0 N–H and O–H groups in total. The molecule has 0 saturated heterocycles. The summed E-state index contributed by atoms with van der Waals surface area (Å²) in [5.74, 6) is 0. The van der Waals surface area contributed by atoms with Crippen molar-refractivity contribution < 1.29 is 0 Å². The molecule has 0 aliphatic rings. The number of hydrogen-bond acceptors (Lipinski definition) is 0. The van der Waals surface area contributed by atoms with Gasteiger partial charge in [-0.2, -0.15) is 0 Å². The Morgan fingerprint density at radius 1 is 0.366 bits per heavy atom. The van der Waals surface area contributed by atoms with Gasteiger partial charge in [-0.3, -0.25) is 0 Å². The van der Waals surface area contributed by atoms with Crippen molar-refractivity contribution >= 4 is 17.7 Å². The van der Waals surface area contributed by atoms with Crippen molar-refractivity contribution in [3.05, 3.63) is 220 Å². The molecule has 1 heteroatoms. The Morgan fingerprint density at radius 2 is 0.634 bits per heavy atom. The van der Waals surface area contributed by atoms with E-state index in [0.717, 1.165) is 11.1 Å². The van der Waals surface area contributed by atoms with Crippen molar-refractivity contribution in [3.8, 4) is 0 Å². The first-order valence-corrected chi connectivity index (χ1v) is 14.3. The molecule has 6 aromatic rings. The molecule has 0 aliphatic heterocycles. The lowest BCUT2D eigenvalue weighted by atomic mass is 9.47. The zero-order valence-corrected chi connectivity index (χ0v) is 23.6. The van der Waals surface area contributed by atoms with E-state index in [1.54, 1.807) is 0 Å². The smallest absolute Gasteiger partial charge is 0.0629 e. The van der Waals surface area contributed by atoms with Crippen LogP contribution in [0.15, 0.2) is 176 Å². The van der Waals surface area contributed by atoms with Crippen molar-refractivity contribution in [2.45, 2.75) is 10.8 Å². The first kappa shape index (κ1) is 26.6. The molecule has 6 aromatic carbocycles. The van der Waals surface area contributed by atoms with Gasteiger partial charge in [-0.25, -0.2) is 0 Å². The molecule has 0 nitrogen and oxygen atoms in total. The van der Waals surface area contributed by atoms with Gasteiger partial charge in [0.25, 0.3) is 0 Å². The largest absolute Gasteiger partial charge is 0.0985 e. The Balaban J connectivity index is 1.92. The van der Waals surface area contributed by atoms with Crippen molar-refractivity contribution in [3.63, 3.8) is 0 Å². The molecule has 0 fully saturated rings. The van der Waals surface area contributed by atoms with Gasteiger partial charge >= 0.3 is 0 Å². The first-order valence-electron chi connectivity index (χ1n) is 13.9. The molecule has 0 heterocycles. The Labute approximate surface area is 248 Å². The normalized spacial score (nSPS) is 12.8. The van der Waals surface area contributed by atoms with Gasteiger partial charge in [0.1, 0.15) is 0 Å². The Bertz CT molecular complexity index is 1610. The second-order valence-corrected chi connectivity index (χ2v) is 10.7. The third-order valence-electron chi connectivity index (χ3n) is 8.25. The summed E-state index contributed by atoms with van der Waals surface area (Å²) in [5.41, 5.74) is 6.80. The van der Waals surface area contributed by atoms with Crippen LogP contribution in [0.25, 0.3) is 6.08 Å². The maximum Gasteiger partial charge on any atom is 0.0629 e. The molecule has 198 valence electrons. The quantitative estimate of drug-likeness (QED) is 0.166. The topological polar surface area (TPSA) is 0 Å². The van der Waals surface area contributed by atoms with E-state index in [1.165, 1.54) is 27.8 Å². The van der Waals surface area contributed by atoms with E-state index >= 15 is 0 Å². The minimum absolute atomic E-state index is 0.679. The van der Waals surface area contributed by atoms with Crippen LogP contribution in [0.4, 0.5) is 0 Å². The van der Waals surface area contributed by atoms with E-state index in [2.05, 4.69) is 164 Å². The van der Waals surface area contributed by atoms with Crippen molar-refractivity contribution in [1.29, 1.82) is 0 Å². The summed E-state index contributed by atoms with van der Waals surface area (Å²) < 4.78 is 0.